The zero-order valence-corrected chi connectivity index (χ0v) is 11.3. The number of carboxylic acids is 1. The van der Waals surface area contributed by atoms with Crippen molar-refractivity contribution in [3.8, 4) is 5.75 Å². The lowest BCUT2D eigenvalue weighted by molar-refractivity contribution is -0.140. The molecule has 1 saturated heterocycles. The van der Waals surface area contributed by atoms with E-state index in [1.165, 1.54) is 0 Å². The van der Waals surface area contributed by atoms with E-state index in [1.807, 2.05) is 36.0 Å². The monoisotopic (exact) mass is 266 g/mol. The smallest absolute Gasteiger partial charge is 0.311 e. The lowest BCUT2D eigenvalue weighted by atomic mass is 9.82. The Kier molecular flexibility index (Phi) is 4.53. The molecule has 1 N–H and O–H groups in total. The zero-order chi connectivity index (χ0) is 13.0. The number of hydrogen-bond donors (Lipinski definition) is 1. The molecular weight excluding hydrogens is 248 g/mol. The van der Waals surface area contributed by atoms with Gasteiger partial charge in [-0.2, -0.15) is 11.8 Å². The molecule has 3 nitrogen and oxygen atoms in total. The first-order valence-corrected chi connectivity index (χ1v) is 7.32. The quantitative estimate of drug-likeness (QED) is 0.910. The van der Waals surface area contributed by atoms with E-state index in [2.05, 4.69) is 0 Å². The Bertz CT molecular complexity index is 413. The molecule has 0 spiro atoms. The van der Waals surface area contributed by atoms with Crippen molar-refractivity contribution in [1.29, 1.82) is 0 Å². The first kappa shape index (κ1) is 13.3. The molecule has 98 valence electrons. The van der Waals surface area contributed by atoms with E-state index < -0.39 is 11.9 Å². The lowest BCUT2D eigenvalue weighted by Crippen LogP contribution is -2.25. The van der Waals surface area contributed by atoms with Crippen LogP contribution in [-0.2, 0) is 4.79 Å². The number of hydrogen-bond acceptors (Lipinski definition) is 3. The van der Waals surface area contributed by atoms with E-state index >= 15 is 0 Å². The summed E-state index contributed by atoms with van der Waals surface area (Å²) in [5.41, 5.74) is 0.860. The van der Waals surface area contributed by atoms with Gasteiger partial charge >= 0.3 is 5.97 Å². The first-order chi connectivity index (χ1) is 8.72. The second-order valence-corrected chi connectivity index (χ2v) is 5.77. The molecule has 1 atom stereocenters. The van der Waals surface area contributed by atoms with Crippen molar-refractivity contribution < 1.29 is 14.6 Å². The molecule has 0 radical (unpaired) electrons. The topological polar surface area (TPSA) is 46.5 Å². The van der Waals surface area contributed by atoms with E-state index in [0.717, 1.165) is 35.7 Å². The molecule has 1 heterocycles. The van der Waals surface area contributed by atoms with E-state index in [1.54, 1.807) is 7.11 Å². The van der Waals surface area contributed by atoms with Gasteiger partial charge in [0.05, 0.1) is 13.0 Å². The first-order valence-electron chi connectivity index (χ1n) is 6.17. The van der Waals surface area contributed by atoms with Crippen molar-refractivity contribution in [3.63, 3.8) is 0 Å². The Morgan fingerprint density at radius 2 is 2.17 bits per heavy atom. The molecule has 0 amide bonds. The van der Waals surface area contributed by atoms with Crippen LogP contribution in [0.3, 0.4) is 0 Å². The van der Waals surface area contributed by atoms with Gasteiger partial charge in [0.15, 0.2) is 0 Å². The van der Waals surface area contributed by atoms with E-state index in [4.69, 9.17) is 4.74 Å². The van der Waals surface area contributed by atoms with Crippen LogP contribution in [0.5, 0.6) is 5.75 Å². The maximum atomic E-state index is 11.6. The average Bonchev–Trinajstić information content (AvgIpc) is 2.40. The van der Waals surface area contributed by atoms with E-state index in [-0.39, 0.29) is 5.92 Å². The molecule has 0 aromatic heterocycles. The van der Waals surface area contributed by atoms with E-state index in [0.29, 0.717) is 0 Å². The fourth-order valence-corrected chi connectivity index (χ4v) is 3.64. The van der Waals surface area contributed by atoms with Gasteiger partial charge in [0.2, 0.25) is 0 Å². The summed E-state index contributed by atoms with van der Waals surface area (Å²) < 4.78 is 5.18. The minimum atomic E-state index is -0.722. The second-order valence-electron chi connectivity index (χ2n) is 4.54. The standard InChI is InChI=1S/C14H18O3S/c1-17-12-4-2-3-11(9-12)13(14(15)16)10-5-7-18-8-6-10/h2-4,9-10,13H,5-8H2,1H3,(H,15,16). The summed E-state index contributed by atoms with van der Waals surface area (Å²) in [5, 5.41) is 9.49. The van der Waals surface area contributed by atoms with E-state index in [9.17, 15) is 9.90 Å². The van der Waals surface area contributed by atoms with Gasteiger partial charge in [0, 0.05) is 0 Å². The number of methoxy groups -OCH3 is 1. The number of carboxylic acid groups (broad SMARTS) is 1. The van der Waals surface area contributed by atoms with Crippen LogP contribution in [0.1, 0.15) is 24.3 Å². The molecule has 1 aromatic carbocycles. The van der Waals surface area contributed by atoms with Gasteiger partial charge in [-0.05, 0) is 48.0 Å². The molecule has 4 heteroatoms. The summed E-state index contributed by atoms with van der Waals surface area (Å²) in [4.78, 5) is 11.6. The van der Waals surface area contributed by atoms with Crippen LogP contribution in [0, 0.1) is 5.92 Å². The van der Waals surface area contributed by atoms with Crippen molar-refractivity contribution in [2.75, 3.05) is 18.6 Å². The fraction of sp³-hybridized carbons (Fsp3) is 0.500. The molecule has 1 aliphatic heterocycles. The second kappa shape index (κ2) is 6.14. The molecule has 0 aliphatic carbocycles. The number of carbonyl (C=O) groups is 1. The summed E-state index contributed by atoms with van der Waals surface area (Å²) in [6.45, 7) is 0. The third-order valence-corrected chi connectivity index (χ3v) is 4.51. The van der Waals surface area contributed by atoms with Crippen molar-refractivity contribution >= 4 is 17.7 Å². The molecule has 2 rings (SSSR count). The third-order valence-electron chi connectivity index (χ3n) is 3.46. The van der Waals surface area contributed by atoms with Crippen LogP contribution >= 0.6 is 11.8 Å². The average molecular weight is 266 g/mol. The van der Waals surface area contributed by atoms with Gasteiger partial charge in [0.1, 0.15) is 5.75 Å². The normalized spacial score (nSPS) is 18.3. The molecule has 1 unspecified atom stereocenters. The van der Waals surface area contributed by atoms with Gasteiger partial charge in [-0.25, -0.2) is 0 Å². The SMILES string of the molecule is COc1cccc(C(C(=O)O)C2CCSCC2)c1. The maximum absolute atomic E-state index is 11.6. The predicted octanol–water partition coefficient (Wildman–Crippen LogP) is 3.01. The van der Waals surface area contributed by atoms with Crippen LogP contribution in [-0.4, -0.2) is 29.7 Å². The van der Waals surface area contributed by atoms with Crippen molar-refractivity contribution in [2.24, 2.45) is 5.92 Å². The highest BCUT2D eigenvalue weighted by Gasteiger charge is 2.31. The molecule has 0 bridgehead atoms. The van der Waals surface area contributed by atoms with Crippen LogP contribution in [0.4, 0.5) is 0 Å². The summed E-state index contributed by atoms with van der Waals surface area (Å²) in [7, 11) is 1.60. The largest absolute Gasteiger partial charge is 0.497 e. The van der Waals surface area contributed by atoms with Crippen LogP contribution < -0.4 is 4.74 Å². The number of rotatable bonds is 4. The van der Waals surface area contributed by atoms with Gasteiger partial charge in [0.25, 0.3) is 0 Å². The van der Waals surface area contributed by atoms with Gasteiger partial charge in [-0.1, -0.05) is 12.1 Å². The van der Waals surface area contributed by atoms with Crippen LogP contribution in [0.2, 0.25) is 0 Å². The third kappa shape index (κ3) is 2.99. The highest BCUT2D eigenvalue weighted by atomic mass is 32.2. The van der Waals surface area contributed by atoms with Gasteiger partial charge in [-0.15, -0.1) is 0 Å². The number of aliphatic carboxylic acids is 1. The number of thioether (sulfide) groups is 1. The Morgan fingerprint density at radius 1 is 1.44 bits per heavy atom. The highest BCUT2D eigenvalue weighted by Crippen LogP contribution is 2.36. The molecule has 1 fully saturated rings. The molecule has 1 aromatic rings. The minimum absolute atomic E-state index is 0.246. The maximum Gasteiger partial charge on any atom is 0.311 e. The Balaban J connectivity index is 2.25. The van der Waals surface area contributed by atoms with Gasteiger partial charge in [-0.3, -0.25) is 4.79 Å². The summed E-state index contributed by atoms with van der Waals surface area (Å²) in [6, 6.07) is 7.45. The van der Waals surface area contributed by atoms with Crippen molar-refractivity contribution in [1.82, 2.24) is 0 Å². The lowest BCUT2D eigenvalue weighted by Gasteiger charge is -2.27. The predicted molar refractivity (Wildman–Crippen MR) is 73.4 cm³/mol. The molecule has 1 aliphatic rings. The Hall–Kier alpha value is -1.16. The van der Waals surface area contributed by atoms with Crippen molar-refractivity contribution in [3.05, 3.63) is 29.8 Å². The number of benzene rings is 1. The Morgan fingerprint density at radius 3 is 2.78 bits per heavy atom. The zero-order valence-electron chi connectivity index (χ0n) is 10.5. The van der Waals surface area contributed by atoms with Crippen LogP contribution in [0.25, 0.3) is 0 Å². The summed E-state index contributed by atoms with van der Waals surface area (Å²) >= 11 is 1.91. The minimum Gasteiger partial charge on any atom is -0.497 e. The highest BCUT2D eigenvalue weighted by molar-refractivity contribution is 7.99. The molecule has 18 heavy (non-hydrogen) atoms. The molecular formula is C14H18O3S. The Labute approximate surface area is 112 Å². The summed E-state index contributed by atoms with van der Waals surface area (Å²) in [5.74, 6) is 1.98. The van der Waals surface area contributed by atoms with Crippen molar-refractivity contribution in [2.45, 2.75) is 18.8 Å². The fourth-order valence-electron chi connectivity index (χ4n) is 2.50. The van der Waals surface area contributed by atoms with Crippen LogP contribution in [0.15, 0.2) is 24.3 Å². The summed E-state index contributed by atoms with van der Waals surface area (Å²) in [6.07, 6.45) is 1.97. The molecule has 0 saturated carbocycles. The number of ether oxygens (including phenoxy) is 1. The van der Waals surface area contributed by atoms with Gasteiger partial charge < -0.3 is 9.84 Å².